The summed E-state index contributed by atoms with van der Waals surface area (Å²) in [7, 11) is 3.16. The molecule has 2 saturated carbocycles. The van der Waals surface area contributed by atoms with E-state index < -0.39 is 16.4 Å². The van der Waals surface area contributed by atoms with Crippen LogP contribution in [0.1, 0.15) is 59.9 Å². The van der Waals surface area contributed by atoms with E-state index in [1.165, 1.54) is 0 Å². The molecule has 46 heavy (non-hydrogen) atoms. The summed E-state index contributed by atoms with van der Waals surface area (Å²) in [6.45, 7) is 6.03. The number of amides is 1. The number of aromatic nitrogens is 2. The van der Waals surface area contributed by atoms with Gasteiger partial charge in [-0.2, -0.15) is 5.10 Å². The lowest BCUT2D eigenvalue weighted by atomic mass is 9.60. The second-order valence-electron chi connectivity index (χ2n) is 13.1. The molecule has 236 valence electrons. The van der Waals surface area contributed by atoms with E-state index in [1.807, 2.05) is 51.1 Å². The zero-order valence-electron chi connectivity index (χ0n) is 26.5. The summed E-state index contributed by atoms with van der Waals surface area (Å²) in [6, 6.07) is 19.6. The first-order chi connectivity index (χ1) is 22.1. The van der Waals surface area contributed by atoms with Crippen LogP contribution in [-0.2, 0) is 4.79 Å². The van der Waals surface area contributed by atoms with E-state index in [-0.39, 0.29) is 29.3 Å². The summed E-state index contributed by atoms with van der Waals surface area (Å²) >= 11 is 0. The summed E-state index contributed by atoms with van der Waals surface area (Å²) in [4.78, 5) is 43.5. The van der Waals surface area contributed by atoms with Crippen molar-refractivity contribution in [1.29, 1.82) is 0 Å². The zero-order valence-corrected chi connectivity index (χ0v) is 26.5. The maximum atomic E-state index is 14.8. The topological polar surface area (TPSA) is 148 Å². The molecule has 1 aromatic heterocycles. The number of benzene rings is 3. The Hall–Kier alpha value is -4.80. The highest BCUT2D eigenvalue weighted by atomic mass is 16.5. The van der Waals surface area contributed by atoms with Gasteiger partial charge in [-0.1, -0.05) is 32.9 Å². The third-order valence-electron chi connectivity index (χ3n) is 11.0. The van der Waals surface area contributed by atoms with Crippen molar-refractivity contribution in [1.82, 2.24) is 15.6 Å². The van der Waals surface area contributed by atoms with Crippen LogP contribution in [0.15, 0.2) is 66.7 Å². The van der Waals surface area contributed by atoms with Crippen LogP contribution < -0.4 is 26.1 Å². The first kappa shape index (κ1) is 29.9. The zero-order chi connectivity index (χ0) is 32.6. The van der Waals surface area contributed by atoms with Gasteiger partial charge < -0.3 is 14.8 Å². The molecule has 4 atom stereocenters. The van der Waals surface area contributed by atoms with Gasteiger partial charge in [0.05, 0.1) is 42.1 Å². The van der Waals surface area contributed by atoms with Crippen molar-refractivity contribution in [3.8, 4) is 34.0 Å². The third kappa shape index (κ3) is 3.71. The highest BCUT2D eigenvalue weighted by Gasteiger charge is 2.86. The van der Waals surface area contributed by atoms with Crippen LogP contribution in [-0.4, -0.2) is 47.4 Å². The number of hydrazine groups is 1. The molecule has 0 aliphatic heterocycles. The summed E-state index contributed by atoms with van der Waals surface area (Å²) in [5.41, 5.74) is 3.99. The van der Waals surface area contributed by atoms with Crippen molar-refractivity contribution in [3.63, 3.8) is 0 Å². The van der Waals surface area contributed by atoms with Gasteiger partial charge in [0.25, 0.3) is 0 Å². The largest absolute Gasteiger partial charge is 0.497 e. The molecule has 10 nitrogen and oxygen atoms in total. The normalized spacial score (nSPS) is 25.2. The fourth-order valence-corrected chi connectivity index (χ4v) is 8.75. The number of nitrogens with two attached hydrogens (primary N) is 1. The van der Waals surface area contributed by atoms with E-state index in [9.17, 15) is 14.4 Å². The van der Waals surface area contributed by atoms with Gasteiger partial charge >= 0.3 is 0 Å². The number of anilines is 1. The molecular formula is C36H37N5O5. The number of hydrogen-bond acceptors (Lipinski definition) is 8. The Bertz CT molecular complexity index is 1900. The highest BCUT2D eigenvalue weighted by Crippen LogP contribution is 2.79. The van der Waals surface area contributed by atoms with E-state index >= 15 is 0 Å². The number of hydrogen-bond donors (Lipinski definition) is 4. The molecule has 4 aromatic rings. The van der Waals surface area contributed by atoms with Gasteiger partial charge in [0.2, 0.25) is 5.91 Å². The van der Waals surface area contributed by atoms with Crippen LogP contribution in [0.2, 0.25) is 0 Å². The van der Waals surface area contributed by atoms with Gasteiger partial charge in [0.15, 0.2) is 11.6 Å². The smallest absolute Gasteiger partial charge is 0.233 e. The molecule has 1 heterocycles. The number of Topliss-reactive ketones (excluding diaryl/α,β-unsaturated/α-hetero) is 1. The van der Waals surface area contributed by atoms with Crippen LogP contribution in [0.5, 0.6) is 11.5 Å². The summed E-state index contributed by atoms with van der Waals surface area (Å²) < 4.78 is 10.6. The molecule has 2 fully saturated rings. The Morgan fingerprint density at radius 3 is 2.22 bits per heavy atom. The van der Waals surface area contributed by atoms with Crippen molar-refractivity contribution in [2.45, 2.75) is 39.2 Å². The van der Waals surface area contributed by atoms with Crippen molar-refractivity contribution in [2.75, 3.05) is 19.5 Å². The van der Waals surface area contributed by atoms with E-state index in [0.29, 0.717) is 50.8 Å². The van der Waals surface area contributed by atoms with Crippen molar-refractivity contribution in [3.05, 3.63) is 83.4 Å². The molecule has 5 N–H and O–H groups in total. The van der Waals surface area contributed by atoms with Crippen LogP contribution in [0.3, 0.4) is 0 Å². The number of ketones is 2. The Kier molecular flexibility index (Phi) is 6.73. The van der Waals surface area contributed by atoms with Gasteiger partial charge in [-0.05, 0) is 84.7 Å². The van der Waals surface area contributed by atoms with Gasteiger partial charge in [-0.15, -0.1) is 0 Å². The van der Waals surface area contributed by atoms with Crippen LogP contribution in [0.25, 0.3) is 22.5 Å². The molecule has 3 aromatic carbocycles. The summed E-state index contributed by atoms with van der Waals surface area (Å²) in [5, 5.41) is 10.7. The van der Waals surface area contributed by atoms with Crippen LogP contribution in [0.4, 0.5) is 5.69 Å². The van der Waals surface area contributed by atoms with E-state index in [4.69, 9.17) is 15.3 Å². The molecule has 0 bridgehead atoms. The number of methoxy groups -OCH3 is 2. The Morgan fingerprint density at radius 2 is 1.59 bits per heavy atom. The van der Waals surface area contributed by atoms with Crippen LogP contribution >= 0.6 is 0 Å². The Labute approximate surface area is 267 Å². The van der Waals surface area contributed by atoms with Crippen molar-refractivity contribution >= 4 is 23.2 Å². The lowest BCUT2D eigenvalue weighted by Gasteiger charge is -2.47. The molecular weight excluding hydrogens is 582 g/mol. The lowest BCUT2D eigenvalue weighted by molar-refractivity contribution is -0.127. The summed E-state index contributed by atoms with van der Waals surface area (Å²) in [6.07, 6.45) is 1.50. The van der Waals surface area contributed by atoms with E-state index in [2.05, 4.69) is 20.9 Å². The van der Waals surface area contributed by atoms with Gasteiger partial charge in [-0.25, -0.2) is 5.43 Å². The molecule has 1 amide bonds. The number of fused-ring (bicyclic) bond motifs is 4. The standard InChI is InChI=1S/C36H37N5O5/c1-19-9-18-26-34(2,3)35(26,36(19,41-37)32(43)21-12-16-23(46-5)17-13-21)33(44)38-25-8-6-7-24-27(25)31(42)28-29(39-40-30(24)28)20-10-14-22(45-4)15-11-20/h6-8,10-17,19,26,41H,9,18,37H2,1-5H3,(H,38,44)(H,39,40). The number of carbonyl (C=O) groups is 3. The number of nitrogens with zero attached hydrogens (tertiary/aromatic N) is 1. The molecule has 3 aliphatic carbocycles. The SMILES string of the molecule is COc1ccc(C(=O)C2(NN)C(C)CCC3C(C)(C)C32C(=O)Nc2cccc3c2C(=O)c2c(-c4ccc(OC)cc4)n[nH]c2-3)cc1. The first-order valence-corrected chi connectivity index (χ1v) is 15.5. The minimum Gasteiger partial charge on any atom is -0.497 e. The molecule has 7 rings (SSSR count). The second kappa shape index (κ2) is 10.4. The Morgan fingerprint density at radius 1 is 0.935 bits per heavy atom. The summed E-state index contributed by atoms with van der Waals surface area (Å²) in [5.74, 6) is 6.52. The van der Waals surface area contributed by atoms with Gasteiger partial charge in [0, 0.05) is 16.7 Å². The fraction of sp³-hybridized carbons (Fsp3) is 0.333. The molecule has 0 saturated heterocycles. The van der Waals surface area contributed by atoms with E-state index in [0.717, 1.165) is 18.4 Å². The minimum absolute atomic E-state index is 0.111. The monoisotopic (exact) mass is 619 g/mol. The first-order valence-electron chi connectivity index (χ1n) is 15.5. The van der Waals surface area contributed by atoms with Crippen molar-refractivity contribution in [2.24, 2.45) is 28.5 Å². The lowest BCUT2D eigenvalue weighted by Crippen LogP contribution is -2.70. The third-order valence-corrected chi connectivity index (χ3v) is 11.0. The number of aromatic amines is 1. The highest BCUT2D eigenvalue weighted by molar-refractivity contribution is 6.27. The number of nitrogens with one attached hydrogen (secondary N) is 3. The van der Waals surface area contributed by atoms with Gasteiger partial charge in [-0.3, -0.25) is 25.3 Å². The predicted molar refractivity (Wildman–Crippen MR) is 174 cm³/mol. The number of ether oxygens (including phenoxy) is 2. The predicted octanol–water partition coefficient (Wildman–Crippen LogP) is 5.40. The maximum Gasteiger partial charge on any atom is 0.233 e. The van der Waals surface area contributed by atoms with Crippen molar-refractivity contribution < 1.29 is 23.9 Å². The Balaban J connectivity index is 1.28. The second-order valence-corrected chi connectivity index (χ2v) is 13.1. The van der Waals surface area contributed by atoms with E-state index in [1.54, 1.807) is 50.6 Å². The van der Waals surface area contributed by atoms with Crippen LogP contribution in [0, 0.1) is 22.7 Å². The molecule has 10 heteroatoms. The molecule has 3 aliphatic rings. The minimum atomic E-state index is -1.39. The quantitative estimate of drug-likeness (QED) is 0.103. The molecule has 0 spiro atoms. The van der Waals surface area contributed by atoms with Gasteiger partial charge in [0.1, 0.15) is 22.7 Å². The number of H-pyrrole nitrogens is 1. The number of rotatable bonds is 8. The number of carbonyl (C=O) groups excluding carboxylic acids is 3. The maximum absolute atomic E-state index is 14.8. The fourth-order valence-electron chi connectivity index (χ4n) is 8.75. The average molecular weight is 620 g/mol. The molecule has 0 radical (unpaired) electrons. The average Bonchev–Trinajstić information content (AvgIpc) is 3.32. The molecule has 4 unspecified atom stereocenters.